The maximum Gasteiger partial charge on any atom is 0.339 e. The van der Waals surface area contributed by atoms with Crippen LogP contribution < -0.4 is 9.88 Å². The van der Waals surface area contributed by atoms with Gasteiger partial charge in [0.15, 0.2) is 0 Å². The first-order valence-electron chi connectivity index (χ1n) is 6.77. The summed E-state index contributed by atoms with van der Waals surface area (Å²) >= 11 is 1.55. The van der Waals surface area contributed by atoms with Crippen LogP contribution in [-0.2, 0) is 14.8 Å². The number of carbonyl (C=O) groups is 1. The van der Waals surface area contributed by atoms with Gasteiger partial charge in [-0.2, -0.15) is 0 Å². The van der Waals surface area contributed by atoms with Crippen LogP contribution in [0.1, 0.15) is 20.1 Å². The van der Waals surface area contributed by atoms with Crippen molar-refractivity contribution in [3.8, 4) is 5.75 Å². The van der Waals surface area contributed by atoms with Crippen LogP contribution in [-0.4, -0.2) is 27.6 Å². The summed E-state index contributed by atoms with van der Waals surface area (Å²) in [5, 5.41) is 5.01. The largest absolute Gasteiger partial charge is 0.490 e. The smallest absolute Gasteiger partial charge is 0.339 e. The lowest BCUT2D eigenvalue weighted by molar-refractivity contribution is 0.0450. The predicted octanol–water partition coefficient (Wildman–Crippen LogP) is 2.25. The lowest BCUT2D eigenvalue weighted by Crippen LogP contribution is -2.13. The van der Waals surface area contributed by atoms with Gasteiger partial charge in [-0.05, 0) is 44.2 Å². The third kappa shape index (κ3) is 4.78. The first-order chi connectivity index (χ1) is 10.8. The van der Waals surface area contributed by atoms with Crippen LogP contribution in [0.4, 0.5) is 0 Å². The molecule has 124 valence electrons. The lowest BCUT2D eigenvalue weighted by Gasteiger charge is -2.08. The number of sulfonamides is 1. The molecule has 1 aromatic heterocycles. The van der Waals surface area contributed by atoms with Crippen molar-refractivity contribution in [1.29, 1.82) is 0 Å². The average Bonchev–Trinajstić information content (AvgIpc) is 2.82. The molecule has 0 radical (unpaired) electrons. The van der Waals surface area contributed by atoms with Gasteiger partial charge in [-0.3, -0.25) is 0 Å². The maximum atomic E-state index is 11.9. The Balaban J connectivity index is 1.81. The molecule has 1 heterocycles. The second kappa shape index (κ2) is 7.12. The molecule has 0 aliphatic rings. The van der Waals surface area contributed by atoms with E-state index in [9.17, 15) is 13.2 Å². The summed E-state index contributed by atoms with van der Waals surface area (Å²) in [6.07, 6.45) is 0. The fraction of sp³-hybridized carbons (Fsp3) is 0.267. The molecule has 0 bridgehead atoms. The number of esters is 1. The highest BCUT2D eigenvalue weighted by molar-refractivity contribution is 7.89. The SMILES string of the molecule is Cc1cc(C(=O)OCCOc2ccc(S(N)(=O)=O)cc2)c(C)s1. The third-order valence-electron chi connectivity index (χ3n) is 3.00. The van der Waals surface area contributed by atoms with Crippen molar-refractivity contribution >= 4 is 27.3 Å². The summed E-state index contributed by atoms with van der Waals surface area (Å²) in [7, 11) is -3.71. The van der Waals surface area contributed by atoms with Gasteiger partial charge < -0.3 is 9.47 Å². The van der Waals surface area contributed by atoms with E-state index in [1.165, 1.54) is 24.3 Å². The minimum atomic E-state index is -3.71. The summed E-state index contributed by atoms with van der Waals surface area (Å²) in [5.74, 6) is 0.0935. The molecule has 0 saturated carbocycles. The minimum absolute atomic E-state index is 0.0135. The second-order valence-electron chi connectivity index (χ2n) is 4.83. The number of nitrogens with two attached hydrogens (primary N) is 1. The van der Waals surface area contributed by atoms with E-state index in [0.29, 0.717) is 11.3 Å². The van der Waals surface area contributed by atoms with Gasteiger partial charge in [0.2, 0.25) is 10.0 Å². The Labute approximate surface area is 138 Å². The van der Waals surface area contributed by atoms with Crippen LogP contribution in [0.25, 0.3) is 0 Å². The molecule has 0 fully saturated rings. The minimum Gasteiger partial charge on any atom is -0.490 e. The molecule has 1 aromatic carbocycles. The van der Waals surface area contributed by atoms with E-state index < -0.39 is 10.0 Å². The Kier molecular flexibility index (Phi) is 5.40. The third-order valence-corrected chi connectivity index (χ3v) is 4.89. The highest BCUT2D eigenvalue weighted by Crippen LogP contribution is 2.21. The first kappa shape index (κ1) is 17.5. The van der Waals surface area contributed by atoms with Gasteiger partial charge >= 0.3 is 5.97 Å². The lowest BCUT2D eigenvalue weighted by atomic mass is 10.2. The highest BCUT2D eigenvalue weighted by Gasteiger charge is 2.13. The molecule has 0 amide bonds. The van der Waals surface area contributed by atoms with Gasteiger partial charge in [0.1, 0.15) is 19.0 Å². The van der Waals surface area contributed by atoms with Gasteiger partial charge in [-0.1, -0.05) is 0 Å². The Morgan fingerprint density at radius 3 is 2.35 bits per heavy atom. The topological polar surface area (TPSA) is 95.7 Å². The Bertz CT molecular complexity index is 794. The summed E-state index contributed by atoms with van der Waals surface area (Å²) in [6, 6.07) is 7.50. The van der Waals surface area contributed by atoms with Crippen molar-refractivity contribution < 1.29 is 22.7 Å². The van der Waals surface area contributed by atoms with Crippen molar-refractivity contribution in [2.75, 3.05) is 13.2 Å². The zero-order valence-corrected chi connectivity index (χ0v) is 14.4. The molecule has 0 saturated heterocycles. The van der Waals surface area contributed by atoms with Crippen LogP contribution in [0, 0.1) is 13.8 Å². The van der Waals surface area contributed by atoms with Crippen molar-refractivity contribution in [3.05, 3.63) is 45.6 Å². The number of thiophene rings is 1. The van der Waals surface area contributed by atoms with E-state index in [1.807, 2.05) is 13.8 Å². The number of aryl methyl sites for hydroxylation is 2. The van der Waals surface area contributed by atoms with Gasteiger partial charge in [-0.25, -0.2) is 18.4 Å². The highest BCUT2D eigenvalue weighted by atomic mass is 32.2. The zero-order valence-electron chi connectivity index (χ0n) is 12.7. The summed E-state index contributed by atoms with van der Waals surface area (Å²) in [6.45, 7) is 4.08. The monoisotopic (exact) mass is 355 g/mol. The number of primary sulfonamides is 1. The summed E-state index contributed by atoms with van der Waals surface area (Å²) < 4.78 is 32.8. The molecule has 0 atom stereocenters. The molecule has 0 unspecified atom stereocenters. The van der Waals surface area contributed by atoms with Crippen LogP contribution in [0.5, 0.6) is 5.75 Å². The molecule has 0 aliphatic heterocycles. The van der Waals surface area contributed by atoms with Crippen LogP contribution in [0.15, 0.2) is 35.2 Å². The van der Waals surface area contributed by atoms with Gasteiger partial charge in [-0.15, -0.1) is 11.3 Å². The van der Waals surface area contributed by atoms with Crippen LogP contribution in [0.3, 0.4) is 0 Å². The molecule has 2 aromatic rings. The Morgan fingerprint density at radius 1 is 1.17 bits per heavy atom. The maximum absolute atomic E-state index is 11.9. The zero-order chi connectivity index (χ0) is 17.0. The fourth-order valence-corrected chi connectivity index (χ4v) is 3.36. The first-order valence-corrected chi connectivity index (χ1v) is 9.13. The molecule has 6 nitrogen and oxygen atoms in total. The van der Waals surface area contributed by atoms with Crippen molar-refractivity contribution in [2.45, 2.75) is 18.7 Å². The number of hydrogen-bond donors (Lipinski definition) is 1. The fourth-order valence-electron chi connectivity index (χ4n) is 1.93. The van der Waals surface area contributed by atoms with Crippen molar-refractivity contribution in [1.82, 2.24) is 0 Å². The van der Waals surface area contributed by atoms with E-state index in [1.54, 1.807) is 17.4 Å². The molecular weight excluding hydrogens is 338 g/mol. The van der Waals surface area contributed by atoms with Gasteiger partial charge in [0.25, 0.3) is 0 Å². The van der Waals surface area contributed by atoms with Crippen molar-refractivity contribution in [3.63, 3.8) is 0 Å². The Morgan fingerprint density at radius 2 is 1.83 bits per heavy atom. The van der Waals surface area contributed by atoms with Crippen molar-refractivity contribution in [2.24, 2.45) is 5.14 Å². The summed E-state index contributed by atoms with van der Waals surface area (Å²) in [5.41, 5.74) is 0.574. The predicted molar refractivity (Wildman–Crippen MR) is 87.4 cm³/mol. The van der Waals surface area contributed by atoms with Gasteiger partial charge in [0, 0.05) is 9.75 Å². The molecule has 2 rings (SSSR count). The molecule has 23 heavy (non-hydrogen) atoms. The van der Waals surface area contributed by atoms with Gasteiger partial charge in [0.05, 0.1) is 10.5 Å². The number of rotatable bonds is 6. The number of ether oxygens (including phenoxy) is 2. The summed E-state index contributed by atoms with van der Waals surface area (Å²) in [4.78, 5) is 13.9. The number of benzene rings is 1. The second-order valence-corrected chi connectivity index (χ2v) is 7.85. The Hall–Kier alpha value is -1.90. The molecule has 0 spiro atoms. The molecular formula is C15H17NO5S2. The van der Waals surface area contributed by atoms with E-state index in [4.69, 9.17) is 14.6 Å². The average molecular weight is 355 g/mol. The molecule has 2 N–H and O–H groups in total. The van der Waals surface area contributed by atoms with Crippen LogP contribution in [0.2, 0.25) is 0 Å². The standard InChI is InChI=1S/C15H17NO5S2/c1-10-9-14(11(2)22-10)15(17)21-8-7-20-12-3-5-13(6-4-12)23(16,18)19/h3-6,9H,7-8H2,1-2H3,(H2,16,18,19). The normalized spacial score (nSPS) is 11.3. The van der Waals surface area contributed by atoms with E-state index in [2.05, 4.69) is 0 Å². The number of hydrogen-bond acceptors (Lipinski definition) is 6. The molecule has 0 aliphatic carbocycles. The molecule has 8 heteroatoms. The van der Waals surface area contributed by atoms with Crippen LogP contribution >= 0.6 is 11.3 Å². The van der Waals surface area contributed by atoms with E-state index in [-0.39, 0.29) is 24.1 Å². The van der Waals surface area contributed by atoms with E-state index in [0.717, 1.165) is 9.75 Å². The van der Waals surface area contributed by atoms with E-state index >= 15 is 0 Å². The number of carbonyl (C=O) groups excluding carboxylic acids is 1. The quantitative estimate of drug-likeness (QED) is 0.633.